The molecule has 0 radical (unpaired) electrons. The molecule has 3 nitrogen and oxygen atoms in total. The van der Waals surface area contributed by atoms with Crippen molar-refractivity contribution in [3.63, 3.8) is 0 Å². The van der Waals surface area contributed by atoms with Crippen molar-refractivity contribution in [2.45, 2.75) is 84.6 Å². The summed E-state index contributed by atoms with van der Waals surface area (Å²) in [5, 5.41) is 8.19. The summed E-state index contributed by atoms with van der Waals surface area (Å²) in [6.45, 7) is 5.51. The third kappa shape index (κ3) is 6.18. The molecule has 0 saturated heterocycles. The van der Waals surface area contributed by atoms with Crippen LogP contribution in [0.15, 0.2) is 6.20 Å². The highest BCUT2D eigenvalue weighted by molar-refractivity contribution is 4.93. The third-order valence-corrected chi connectivity index (χ3v) is 3.46. The lowest BCUT2D eigenvalue weighted by Gasteiger charge is -2.05. The number of aryl methyl sites for hydroxylation is 2. The van der Waals surface area contributed by atoms with Crippen LogP contribution in [-0.4, -0.2) is 15.0 Å². The maximum atomic E-state index is 4.16. The van der Waals surface area contributed by atoms with Crippen LogP contribution in [0.4, 0.5) is 0 Å². The highest BCUT2D eigenvalue weighted by Crippen LogP contribution is 2.10. The molecular weight excluding hydrogens is 222 g/mol. The van der Waals surface area contributed by atoms with Crippen LogP contribution >= 0.6 is 0 Å². The van der Waals surface area contributed by atoms with Crippen molar-refractivity contribution in [1.29, 1.82) is 0 Å². The van der Waals surface area contributed by atoms with E-state index in [2.05, 4.69) is 28.8 Å². The Labute approximate surface area is 112 Å². The van der Waals surface area contributed by atoms with E-state index in [-0.39, 0.29) is 0 Å². The molecule has 0 aliphatic carbocycles. The normalized spacial score (nSPS) is 11.0. The zero-order valence-corrected chi connectivity index (χ0v) is 12.2. The minimum Gasteiger partial charge on any atom is -0.249 e. The summed E-state index contributed by atoms with van der Waals surface area (Å²) in [6.07, 6.45) is 15.1. The molecule has 0 N–H and O–H groups in total. The third-order valence-electron chi connectivity index (χ3n) is 3.46. The quantitative estimate of drug-likeness (QED) is 0.547. The van der Waals surface area contributed by atoms with Gasteiger partial charge in [-0.2, -0.15) is 0 Å². The zero-order chi connectivity index (χ0) is 13.1. The van der Waals surface area contributed by atoms with Crippen LogP contribution < -0.4 is 0 Å². The largest absolute Gasteiger partial charge is 0.249 e. The zero-order valence-electron chi connectivity index (χ0n) is 12.2. The van der Waals surface area contributed by atoms with Gasteiger partial charge >= 0.3 is 0 Å². The van der Waals surface area contributed by atoms with E-state index in [0.717, 1.165) is 13.0 Å². The number of hydrogen-bond acceptors (Lipinski definition) is 2. The Balaban J connectivity index is 2.09. The van der Waals surface area contributed by atoms with Gasteiger partial charge in [0.1, 0.15) is 0 Å². The number of aromatic nitrogens is 3. The number of unbranched alkanes of at least 4 members (excludes halogenated alkanes) is 7. The molecule has 0 unspecified atom stereocenters. The molecule has 0 aliphatic rings. The summed E-state index contributed by atoms with van der Waals surface area (Å²) in [5.41, 5.74) is 1.32. The fraction of sp³-hybridized carbons (Fsp3) is 0.867. The molecule has 1 aromatic heterocycles. The smallest absolute Gasteiger partial charge is 0.0725 e. The van der Waals surface area contributed by atoms with Crippen LogP contribution in [0.2, 0.25) is 0 Å². The molecule has 1 rings (SSSR count). The summed E-state index contributed by atoms with van der Waals surface area (Å²) in [5.74, 6) is 0. The van der Waals surface area contributed by atoms with E-state index in [4.69, 9.17) is 0 Å². The first-order valence-electron chi connectivity index (χ1n) is 7.75. The Kier molecular flexibility index (Phi) is 8.53. The van der Waals surface area contributed by atoms with Gasteiger partial charge < -0.3 is 0 Å². The molecule has 0 amide bonds. The van der Waals surface area contributed by atoms with E-state index in [1.807, 2.05) is 6.20 Å². The molecule has 0 aromatic carbocycles. The second-order valence-electron chi connectivity index (χ2n) is 5.17. The molecule has 0 bridgehead atoms. The van der Waals surface area contributed by atoms with Crippen LogP contribution in [0.1, 0.15) is 77.3 Å². The van der Waals surface area contributed by atoms with Crippen molar-refractivity contribution in [2.24, 2.45) is 0 Å². The van der Waals surface area contributed by atoms with Gasteiger partial charge in [-0.05, 0) is 19.3 Å². The molecule has 0 aliphatic heterocycles. The van der Waals surface area contributed by atoms with Crippen molar-refractivity contribution >= 4 is 0 Å². The van der Waals surface area contributed by atoms with E-state index in [1.54, 1.807) is 0 Å². The maximum Gasteiger partial charge on any atom is 0.0725 e. The molecule has 104 valence electrons. The minimum atomic E-state index is 1.03. The SMILES string of the molecule is CCCCCCCCCc1cnnn1CCCC. The summed E-state index contributed by atoms with van der Waals surface area (Å²) < 4.78 is 2.08. The Bertz CT molecular complexity index is 294. The second kappa shape index (κ2) is 10.1. The summed E-state index contributed by atoms with van der Waals surface area (Å²) in [7, 11) is 0. The predicted octanol–water partition coefficient (Wildman–Crippen LogP) is 4.37. The lowest BCUT2D eigenvalue weighted by molar-refractivity contribution is 0.521. The summed E-state index contributed by atoms with van der Waals surface area (Å²) >= 11 is 0. The van der Waals surface area contributed by atoms with Crippen LogP contribution in [-0.2, 0) is 13.0 Å². The topological polar surface area (TPSA) is 30.7 Å². The number of nitrogens with zero attached hydrogens (tertiary/aromatic N) is 3. The first-order chi connectivity index (χ1) is 8.88. The van der Waals surface area contributed by atoms with E-state index >= 15 is 0 Å². The van der Waals surface area contributed by atoms with E-state index in [9.17, 15) is 0 Å². The molecular formula is C15H29N3. The van der Waals surface area contributed by atoms with E-state index in [1.165, 1.54) is 63.5 Å². The Morgan fingerprint density at radius 2 is 1.56 bits per heavy atom. The first-order valence-corrected chi connectivity index (χ1v) is 7.75. The molecule has 0 saturated carbocycles. The fourth-order valence-corrected chi connectivity index (χ4v) is 2.23. The van der Waals surface area contributed by atoms with Gasteiger partial charge in [-0.3, -0.25) is 0 Å². The highest BCUT2D eigenvalue weighted by Gasteiger charge is 2.02. The van der Waals surface area contributed by atoms with Gasteiger partial charge in [-0.1, -0.05) is 64.0 Å². The molecule has 3 heteroatoms. The van der Waals surface area contributed by atoms with Crippen molar-refractivity contribution < 1.29 is 0 Å². The molecule has 0 fully saturated rings. The van der Waals surface area contributed by atoms with Crippen LogP contribution in [0.25, 0.3) is 0 Å². The molecule has 1 aromatic rings. The van der Waals surface area contributed by atoms with Crippen molar-refractivity contribution in [2.75, 3.05) is 0 Å². The lowest BCUT2D eigenvalue weighted by Crippen LogP contribution is -2.05. The average molecular weight is 251 g/mol. The Hall–Kier alpha value is -0.860. The number of hydrogen-bond donors (Lipinski definition) is 0. The summed E-state index contributed by atoms with van der Waals surface area (Å²) in [6, 6.07) is 0. The van der Waals surface area contributed by atoms with Crippen LogP contribution in [0.5, 0.6) is 0 Å². The lowest BCUT2D eigenvalue weighted by atomic mass is 10.1. The van der Waals surface area contributed by atoms with Crippen LogP contribution in [0, 0.1) is 0 Å². The van der Waals surface area contributed by atoms with Crippen molar-refractivity contribution in [3.8, 4) is 0 Å². The Morgan fingerprint density at radius 3 is 2.28 bits per heavy atom. The monoisotopic (exact) mass is 251 g/mol. The molecule has 0 spiro atoms. The first kappa shape index (κ1) is 15.2. The van der Waals surface area contributed by atoms with Gasteiger partial charge in [-0.25, -0.2) is 4.68 Å². The van der Waals surface area contributed by atoms with Gasteiger partial charge in [-0.15, -0.1) is 5.10 Å². The minimum absolute atomic E-state index is 1.03. The maximum absolute atomic E-state index is 4.16. The van der Waals surface area contributed by atoms with Gasteiger partial charge in [0, 0.05) is 6.54 Å². The van der Waals surface area contributed by atoms with Gasteiger partial charge in [0.2, 0.25) is 0 Å². The molecule has 18 heavy (non-hydrogen) atoms. The fourth-order valence-electron chi connectivity index (χ4n) is 2.23. The van der Waals surface area contributed by atoms with Crippen LogP contribution in [0.3, 0.4) is 0 Å². The van der Waals surface area contributed by atoms with Gasteiger partial charge in [0.25, 0.3) is 0 Å². The summed E-state index contributed by atoms with van der Waals surface area (Å²) in [4.78, 5) is 0. The van der Waals surface area contributed by atoms with Crippen molar-refractivity contribution in [1.82, 2.24) is 15.0 Å². The molecule has 0 atom stereocenters. The van der Waals surface area contributed by atoms with Crippen molar-refractivity contribution in [3.05, 3.63) is 11.9 Å². The predicted molar refractivity (Wildman–Crippen MR) is 76.6 cm³/mol. The average Bonchev–Trinajstić information content (AvgIpc) is 2.83. The van der Waals surface area contributed by atoms with Gasteiger partial charge in [0.05, 0.1) is 11.9 Å². The molecule has 1 heterocycles. The Morgan fingerprint density at radius 1 is 0.889 bits per heavy atom. The van der Waals surface area contributed by atoms with E-state index < -0.39 is 0 Å². The number of rotatable bonds is 11. The standard InChI is InChI=1S/C15H29N3/c1-3-5-7-8-9-10-11-12-15-14-16-17-18(15)13-6-4-2/h14H,3-13H2,1-2H3. The van der Waals surface area contributed by atoms with Gasteiger partial charge in [0.15, 0.2) is 0 Å². The second-order valence-corrected chi connectivity index (χ2v) is 5.17. The highest BCUT2D eigenvalue weighted by atomic mass is 15.4. The van der Waals surface area contributed by atoms with E-state index in [0.29, 0.717) is 0 Å².